The van der Waals surface area contributed by atoms with Gasteiger partial charge in [-0.1, -0.05) is 25.0 Å². The highest BCUT2D eigenvalue weighted by Gasteiger charge is 2.30. The van der Waals surface area contributed by atoms with Crippen LogP contribution in [0.1, 0.15) is 48.0 Å². The number of hydrogen-bond acceptors (Lipinski definition) is 1. The number of ketones is 1. The second kappa shape index (κ2) is 7.53. The van der Waals surface area contributed by atoms with Crippen LogP contribution in [0.25, 0.3) is 0 Å². The lowest BCUT2D eigenvalue weighted by Gasteiger charge is -2.07. The van der Waals surface area contributed by atoms with Gasteiger partial charge in [0, 0.05) is 17.9 Å². The number of carbonyl (C=O) groups excluding carboxylic acids is 1. The van der Waals surface area contributed by atoms with Gasteiger partial charge in [0.1, 0.15) is 0 Å². The number of rotatable bonds is 7. The molecule has 0 radical (unpaired) electrons. The van der Waals surface area contributed by atoms with Gasteiger partial charge < -0.3 is 0 Å². The van der Waals surface area contributed by atoms with Gasteiger partial charge in [-0.25, -0.2) is 0 Å². The van der Waals surface area contributed by atoms with E-state index in [1.807, 2.05) is 0 Å². The maximum absolute atomic E-state index is 12.3. The predicted molar refractivity (Wildman–Crippen MR) is 69.6 cm³/mol. The van der Waals surface area contributed by atoms with E-state index in [0.29, 0.717) is 17.9 Å². The normalized spacial score (nSPS) is 11.6. The summed E-state index contributed by atoms with van der Waals surface area (Å²) in [5.74, 6) is 0.506. The van der Waals surface area contributed by atoms with Crippen LogP contribution in [-0.4, -0.2) is 11.7 Å². The Morgan fingerprint density at radius 3 is 2.11 bits per heavy atom. The van der Waals surface area contributed by atoms with Crippen molar-refractivity contribution in [2.24, 2.45) is 0 Å². The van der Waals surface area contributed by atoms with Gasteiger partial charge in [-0.3, -0.25) is 4.79 Å². The molecular weight excluding hydrogens is 277 g/mol. The average Bonchev–Trinajstić information content (AvgIpc) is 2.37. The summed E-state index contributed by atoms with van der Waals surface area (Å²) in [6.45, 7) is 0. The molecule has 1 aromatic carbocycles. The van der Waals surface area contributed by atoms with Crippen LogP contribution in [0.2, 0.25) is 0 Å². The minimum Gasteiger partial charge on any atom is -0.294 e. The van der Waals surface area contributed by atoms with E-state index < -0.39 is 11.7 Å². The van der Waals surface area contributed by atoms with Crippen molar-refractivity contribution in [1.82, 2.24) is 0 Å². The molecule has 0 saturated heterocycles. The van der Waals surface area contributed by atoms with E-state index in [0.717, 1.165) is 37.8 Å². The van der Waals surface area contributed by atoms with Crippen molar-refractivity contribution in [2.45, 2.75) is 38.3 Å². The number of unbranched alkanes of at least 4 members (excludes halogenated alkanes) is 3. The standard InChI is InChI=1S/C14H16ClF3O/c15-10-4-2-1-3-5-13(19)11-6-8-12(9-7-11)14(16,17)18/h6-9H,1-5,10H2. The number of halogens is 4. The van der Waals surface area contributed by atoms with Gasteiger partial charge in [-0.05, 0) is 25.0 Å². The zero-order valence-electron chi connectivity index (χ0n) is 10.5. The smallest absolute Gasteiger partial charge is 0.294 e. The molecule has 106 valence electrons. The van der Waals surface area contributed by atoms with Crippen LogP contribution in [0.5, 0.6) is 0 Å². The predicted octanol–water partition coefficient (Wildman–Crippen LogP) is 5.08. The summed E-state index contributed by atoms with van der Waals surface area (Å²) in [7, 11) is 0. The molecule has 0 amide bonds. The molecule has 0 unspecified atom stereocenters. The minimum absolute atomic E-state index is 0.111. The molecule has 0 saturated carbocycles. The van der Waals surface area contributed by atoms with E-state index in [1.165, 1.54) is 12.1 Å². The fourth-order valence-electron chi connectivity index (χ4n) is 1.72. The zero-order valence-corrected chi connectivity index (χ0v) is 11.2. The third-order valence-electron chi connectivity index (χ3n) is 2.82. The Kier molecular flexibility index (Phi) is 6.35. The summed E-state index contributed by atoms with van der Waals surface area (Å²) in [5.41, 5.74) is -0.392. The van der Waals surface area contributed by atoms with E-state index in [9.17, 15) is 18.0 Å². The van der Waals surface area contributed by atoms with Crippen LogP contribution in [0.4, 0.5) is 13.2 Å². The van der Waals surface area contributed by atoms with Crippen LogP contribution < -0.4 is 0 Å². The quantitative estimate of drug-likeness (QED) is 0.389. The Bertz CT molecular complexity index is 398. The molecule has 19 heavy (non-hydrogen) atoms. The van der Waals surface area contributed by atoms with E-state index in [1.54, 1.807) is 0 Å². The molecule has 0 aromatic heterocycles. The van der Waals surface area contributed by atoms with Crippen molar-refractivity contribution in [2.75, 3.05) is 5.88 Å². The van der Waals surface area contributed by atoms with Crippen LogP contribution in [0, 0.1) is 0 Å². The summed E-state index contributed by atoms with van der Waals surface area (Å²) < 4.78 is 37.0. The molecule has 5 heteroatoms. The van der Waals surface area contributed by atoms with Gasteiger partial charge in [-0.15, -0.1) is 11.6 Å². The first-order valence-corrected chi connectivity index (χ1v) is 6.75. The zero-order chi connectivity index (χ0) is 14.3. The van der Waals surface area contributed by atoms with Gasteiger partial charge in [0.15, 0.2) is 5.78 Å². The summed E-state index contributed by atoms with van der Waals surface area (Å²) in [6.07, 6.45) is -0.424. The van der Waals surface area contributed by atoms with Crippen molar-refractivity contribution in [3.8, 4) is 0 Å². The molecule has 0 bridgehead atoms. The Labute approximate surface area is 115 Å². The van der Waals surface area contributed by atoms with Crippen LogP contribution in [0.3, 0.4) is 0 Å². The molecule has 0 aliphatic rings. The largest absolute Gasteiger partial charge is 0.416 e. The Morgan fingerprint density at radius 2 is 1.58 bits per heavy atom. The summed E-state index contributed by atoms with van der Waals surface area (Å²) in [5, 5.41) is 0. The minimum atomic E-state index is -4.36. The third-order valence-corrected chi connectivity index (χ3v) is 3.09. The SMILES string of the molecule is O=C(CCCCCCCl)c1ccc(C(F)(F)F)cc1. The topological polar surface area (TPSA) is 17.1 Å². The Hall–Kier alpha value is -1.03. The lowest BCUT2D eigenvalue weighted by molar-refractivity contribution is -0.137. The van der Waals surface area contributed by atoms with Gasteiger partial charge in [0.05, 0.1) is 5.56 Å². The van der Waals surface area contributed by atoms with E-state index >= 15 is 0 Å². The monoisotopic (exact) mass is 292 g/mol. The van der Waals surface area contributed by atoms with Gasteiger partial charge in [0.25, 0.3) is 0 Å². The first kappa shape index (κ1) is 16.0. The molecule has 1 aromatic rings. The molecule has 0 N–H and O–H groups in total. The molecule has 0 aliphatic heterocycles. The first-order chi connectivity index (χ1) is 8.95. The molecule has 0 fully saturated rings. The van der Waals surface area contributed by atoms with Crippen molar-refractivity contribution < 1.29 is 18.0 Å². The average molecular weight is 293 g/mol. The van der Waals surface area contributed by atoms with Gasteiger partial charge in [0.2, 0.25) is 0 Å². The highest BCUT2D eigenvalue weighted by Crippen LogP contribution is 2.29. The molecule has 0 spiro atoms. The lowest BCUT2D eigenvalue weighted by atomic mass is 10.0. The molecule has 1 nitrogen and oxygen atoms in total. The van der Waals surface area contributed by atoms with Crippen LogP contribution in [-0.2, 0) is 6.18 Å². The van der Waals surface area contributed by atoms with E-state index in [-0.39, 0.29) is 5.78 Å². The van der Waals surface area contributed by atoms with Crippen molar-refractivity contribution in [3.05, 3.63) is 35.4 Å². The Morgan fingerprint density at radius 1 is 1.00 bits per heavy atom. The number of alkyl halides is 4. The van der Waals surface area contributed by atoms with Crippen LogP contribution >= 0.6 is 11.6 Å². The second-order valence-corrected chi connectivity index (χ2v) is 4.73. The Balaban J connectivity index is 2.45. The molecule has 0 heterocycles. The van der Waals surface area contributed by atoms with Gasteiger partial charge >= 0.3 is 6.18 Å². The summed E-state index contributed by atoms with van der Waals surface area (Å²) in [6, 6.07) is 4.37. The molecule has 0 aliphatic carbocycles. The number of benzene rings is 1. The summed E-state index contributed by atoms with van der Waals surface area (Å²) >= 11 is 5.53. The fourth-order valence-corrected chi connectivity index (χ4v) is 1.91. The number of hydrogen-bond donors (Lipinski definition) is 0. The second-order valence-electron chi connectivity index (χ2n) is 4.35. The van der Waals surface area contributed by atoms with Crippen molar-refractivity contribution >= 4 is 17.4 Å². The van der Waals surface area contributed by atoms with Crippen molar-refractivity contribution in [1.29, 1.82) is 0 Å². The first-order valence-electron chi connectivity index (χ1n) is 6.21. The molecule has 1 rings (SSSR count). The number of carbonyl (C=O) groups is 1. The van der Waals surface area contributed by atoms with Crippen molar-refractivity contribution in [3.63, 3.8) is 0 Å². The highest BCUT2D eigenvalue weighted by atomic mass is 35.5. The maximum Gasteiger partial charge on any atom is 0.416 e. The lowest BCUT2D eigenvalue weighted by Crippen LogP contribution is -2.06. The maximum atomic E-state index is 12.3. The fraction of sp³-hybridized carbons (Fsp3) is 0.500. The highest BCUT2D eigenvalue weighted by molar-refractivity contribution is 6.17. The number of Topliss-reactive ketones (excluding diaryl/α,β-unsaturated/α-hetero) is 1. The van der Waals surface area contributed by atoms with Gasteiger partial charge in [-0.2, -0.15) is 13.2 Å². The molecule has 0 atom stereocenters. The van der Waals surface area contributed by atoms with E-state index in [4.69, 9.17) is 11.6 Å². The molecular formula is C14H16ClF3O. The van der Waals surface area contributed by atoms with E-state index in [2.05, 4.69) is 0 Å². The van der Waals surface area contributed by atoms with Crippen LogP contribution in [0.15, 0.2) is 24.3 Å². The summed E-state index contributed by atoms with van der Waals surface area (Å²) in [4.78, 5) is 11.7. The third kappa shape index (κ3) is 5.64.